The number of terminal acetylenes is 1. The summed E-state index contributed by atoms with van der Waals surface area (Å²) in [5, 5.41) is 6.34. The first-order valence-corrected chi connectivity index (χ1v) is 19.0. The van der Waals surface area contributed by atoms with Gasteiger partial charge in [0.25, 0.3) is 0 Å². The van der Waals surface area contributed by atoms with Crippen molar-refractivity contribution in [1.82, 2.24) is 30.1 Å². The molecule has 5 aromatic rings. The second-order valence-corrected chi connectivity index (χ2v) is 14.5. The predicted octanol–water partition coefficient (Wildman–Crippen LogP) is 4.17. The summed E-state index contributed by atoms with van der Waals surface area (Å²) < 4.78 is 11.4. The van der Waals surface area contributed by atoms with Crippen molar-refractivity contribution in [1.29, 1.82) is 0 Å². The Hall–Kier alpha value is -6.87. The van der Waals surface area contributed by atoms with Crippen LogP contribution in [0.3, 0.4) is 0 Å². The summed E-state index contributed by atoms with van der Waals surface area (Å²) in [5.74, 6) is 7.38. The lowest BCUT2D eigenvalue weighted by atomic mass is 9.99. The number of hydrazine groups is 1. The molecule has 7 rings (SSSR count). The average molecular weight is 782 g/mol. The summed E-state index contributed by atoms with van der Waals surface area (Å²) in [4.78, 5) is 62.2. The van der Waals surface area contributed by atoms with Crippen LogP contribution >= 0.6 is 11.3 Å². The van der Waals surface area contributed by atoms with E-state index in [1.807, 2.05) is 72.8 Å². The number of nitrogen functional groups attached to an aromatic ring is 1. The average Bonchev–Trinajstić information content (AvgIpc) is 3.78. The van der Waals surface area contributed by atoms with Crippen molar-refractivity contribution in [3.63, 3.8) is 0 Å². The number of ether oxygens (including phenoxy) is 2. The van der Waals surface area contributed by atoms with Crippen LogP contribution in [-0.4, -0.2) is 87.6 Å². The summed E-state index contributed by atoms with van der Waals surface area (Å²) in [6.45, 7) is 0.380. The number of nitrogens with two attached hydrogens (primary N) is 1. The van der Waals surface area contributed by atoms with Crippen LogP contribution in [0.15, 0.2) is 97.1 Å². The molecule has 2 fully saturated rings. The highest BCUT2D eigenvalue weighted by Crippen LogP contribution is 2.32. The largest absolute Gasteiger partial charge is 0.497 e. The van der Waals surface area contributed by atoms with Crippen LogP contribution in [0.5, 0.6) is 5.75 Å². The topological polar surface area (TPSA) is 151 Å². The van der Waals surface area contributed by atoms with Crippen molar-refractivity contribution in [2.75, 3.05) is 32.5 Å². The molecule has 3 heterocycles. The molecule has 2 aliphatic heterocycles. The third-order valence-corrected chi connectivity index (χ3v) is 10.6. The monoisotopic (exact) mass is 781 g/mol. The Bertz CT molecular complexity index is 2380. The molecule has 4 aromatic carbocycles. The van der Waals surface area contributed by atoms with E-state index >= 15 is 0 Å². The number of thiazole rings is 1. The summed E-state index contributed by atoms with van der Waals surface area (Å²) in [6, 6.07) is 28.1. The first kappa shape index (κ1) is 38.4. The van der Waals surface area contributed by atoms with E-state index in [9.17, 15) is 19.2 Å². The lowest BCUT2D eigenvalue weighted by Crippen LogP contribution is -2.66. The van der Waals surface area contributed by atoms with Crippen molar-refractivity contribution >= 4 is 50.5 Å². The van der Waals surface area contributed by atoms with Crippen LogP contribution in [0.25, 0.3) is 10.2 Å². The maximum atomic E-state index is 14.5. The quantitative estimate of drug-likeness (QED) is 0.149. The van der Waals surface area contributed by atoms with Gasteiger partial charge in [0.1, 0.15) is 24.6 Å². The van der Waals surface area contributed by atoms with Gasteiger partial charge in [0.05, 0.1) is 37.0 Å². The number of aromatic nitrogens is 1. The molecule has 4 amide bonds. The van der Waals surface area contributed by atoms with Crippen LogP contribution in [-0.2, 0) is 45.2 Å². The molecule has 14 heteroatoms. The Morgan fingerprint density at radius 2 is 1.74 bits per heavy atom. The number of piperazine rings is 1. The van der Waals surface area contributed by atoms with Gasteiger partial charge in [-0.15, -0.1) is 6.42 Å². The molecule has 0 bridgehead atoms. The zero-order valence-electron chi connectivity index (χ0n) is 31.1. The SMILES string of the molecule is C#CCN(C(=O)NCc1ccc(OC)cc1)N1CC(=O)N2[C@@H](Cc3ccc(C#CC(=O)OCc4ccccc4)cc3)C(=O)N(Cc3cccc4sc(N)nc34)C[C@@H]21. The van der Waals surface area contributed by atoms with Crippen molar-refractivity contribution < 1.29 is 28.7 Å². The Morgan fingerprint density at radius 1 is 0.982 bits per heavy atom. The second kappa shape index (κ2) is 17.3. The van der Waals surface area contributed by atoms with Gasteiger partial charge in [-0.3, -0.25) is 9.59 Å². The van der Waals surface area contributed by atoms with Crippen molar-refractivity contribution in [2.45, 2.75) is 38.3 Å². The molecule has 3 N–H and O–H groups in total. The van der Waals surface area contributed by atoms with Gasteiger partial charge in [0.2, 0.25) is 11.8 Å². The molecule has 1 aromatic heterocycles. The minimum atomic E-state index is -0.902. The number of esters is 1. The Labute approximate surface area is 333 Å². The molecule has 57 heavy (non-hydrogen) atoms. The van der Waals surface area contributed by atoms with E-state index in [0.717, 1.165) is 27.0 Å². The number of hydrogen-bond acceptors (Lipinski definition) is 10. The fourth-order valence-electron chi connectivity index (χ4n) is 6.95. The molecule has 0 aliphatic carbocycles. The van der Waals surface area contributed by atoms with Gasteiger partial charge in [-0.05, 0) is 52.6 Å². The number of benzene rings is 4. The van der Waals surface area contributed by atoms with E-state index in [0.29, 0.717) is 22.0 Å². The molecular weight excluding hydrogens is 743 g/mol. The van der Waals surface area contributed by atoms with Crippen LogP contribution in [0, 0.1) is 24.2 Å². The maximum absolute atomic E-state index is 14.5. The predicted molar refractivity (Wildman–Crippen MR) is 215 cm³/mol. The number of carbonyl (C=O) groups excluding carboxylic acids is 4. The van der Waals surface area contributed by atoms with Crippen molar-refractivity contribution in [3.05, 3.63) is 125 Å². The van der Waals surface area contributed by atoms with Crippen LogP contribution in [0.2, 0.25) is 0 Å². The number of fused-ring (bicyclic) bond motifs is 2. The van der Waals surface area contributed by atoms with Crippen molar-refractivity contribution in [2.24, 2.45) is 0 Å². The number of hydrogen-bond donors (Lipinski definition) is 2. The Morgan fingerprint density at radius 3 is 2.47 bits per heavy atom. The highest BCUT2D eigenvalue weighted by Gasteiger charge is 2.52. The summed E-state index contributed by atoms with van der Waals surface area (Å²) in [6.07, 6.45) is 5.26. The molecule has 0 spiro atoms. The van der Waals surface area contributed by atoms with Gasteiger partial charge in [-0.1, -0.05) is 89.9 Å². The minimum Gasteiger partial charge on any atom is -0.497 e. The molecule has 0 unspecified atom stereocenters. The Balaban J connectivity index is 1.12. The van der Waals surface area contributed by atoms with E-state index in [-0.39, 0.29) is 57.6 Å². The molecule has 2 saturated heterocycles. The third kappa shape index (κ3) is 8.84. The normalized spacial score (nSPS) is 16.4. The number of anilines is 1. The summed E-state index contributed by atoms with van der Waals surface area (Å²) in [7, 11) is 1.58. The number of amides is 4. The summed E-state index contributed by atoms with van der Waals surface area (Å²) >= 11 is 1.36. The number of nitrogens with one attached hydrogen (secondary N) is 1. The van der Waals surface area contributed by atoms with Crippen LogP contribution in [0.4, 0.5) is 9.93 Å². The van der Waals surface area contributed by atoms with E-state index in [1.54, 1.807) is 46.2 Å². The number of rotatable bonds is 11. The number of carbonyl (C=O) groups is 4. The van der Waals surface area contributed by atoms with Gasteiger partial charge in [0.15, 0.2) is 5.13 Å². The molecule has 288 valence electrons. The lowest BCUT2D eigenvalue weighted by Gasteiger charge is -2.46. The molecule has 0 saturated carbocycles. The van der Waals surface area contributed by atoms with E-state index in [2.05, 4.69) is 28.1 Å². The van der Waals surface area contributed by atoms with E-state index < -0.39 is 24.2 Å². The number of nitrogens with zero attached hydrogens (tertiary/aromatic N) is 5. The van der Waals surface area contributed by atoms with E-state index in [1.165, 1.54) is 16.3 Å². The minimum absolute atomic E-state index is 0.107. The third-order valence-electron chi connectivity index (χ3n) is 9.74. The fraction of sp³-hybridized carbons (Fsp3) is 0.233. The lowest BCUT2D eigenvalue weighted by molar-refractivity contribution is -0.157. The highest BCUT2D eigenvalue weighted by atomic mass is 32.1. The number of para-hydroxylation sites is 1. The molecular formula is C43H39N7O6S. The smallest absolute Gasteiger partial charge is 0.385 e. The number of methoxy groups -OCH3 is 1. The van der Waals surface area contributed by atoms with Gasteiger partial charge in [-0.2, -0.15) is 5.01 Å². The first-order chi connectivity index (χ1) is 27.7. The van der Waals surface area contributed by atoms with Gasteiger partial charge < -0.3 is 30.3 Å². The summed E-state index contributed by atoms with van der Waals surface area (Å²) in [5.41, 5.74) is 10.6. The van der Waals surface area contributed by atoms with Crippen LogP contribution < -0.4 is 15.8 Å². The maximum Gasteiger partial charge on any atom is 0.385 e. The molecule has 0 radical (unpaired) electrons. The zero-order chi connectivity index (χ0) is 39.9. The zero-order valence-corrected chi connectivity index (χ0v) is 31.9. The van der Waals surface area contributed by atoms with Crippen LogP contribution in [0.1, 0.15) is 27.8 Å². The Kier molecular flexibility index (Phi) is 11.7. The highest BCUT2D eigenvalue weighted by molar-refractivity contribution is 7.22. The number of urea groups is 1. The van der Waals surface area contributed by atoms with Gasteiger partial charge in [0, 0.05) is 31.0 Å². The van der Waals surface area contributed by atoms with Gasteiger partial charge in [-0.25, -0.2) is 19.6 Å². The standard InChI is InChI=1S/C43H39N7O6S/c1-3-22-48(43(54)45-24-31-16-19-34(55-2)20-17-31)49-27-38(51)50-35(41(53)47(26-37(49)50)25-33-10-7-11-36-40(33)46-42(44)57-36)23-30-14-12-29(13-15-30)18-21-39(52)56-28-32-8-5-4-6-9-32/h1,4-17,19-20,35,37H,22-28H2,2H3,(H2,44,46)(H,45,54)/t35-,37+/m0/s1. The molecule has 2 aliphatic rings. The molecule has 2 atom stereocenters. The first-order valence-electron chi connectivity index (χ1n) is 18.1. The second-order valence-electron chi connectivity index (χ2n) is 13.4. The molecule has 13 nitrogen and oxygen atoms in total. The van der Waals surface area contributed by atoms with E-state index in [4.69, 9.17) is 21.6 Å². The van der Waals surface area contributed by atoms with Gasteiger partial charge >= 0.3 is 12.0 Å². The van der Waals surface area contributed by atoms with Crippen molar-refractivity contribution in [3.8, 4) is 29.9 Å². The fourth-order valence-corrected chi connectivity index (χ4v) is 7.74.